The first-order valence-electron chi connectivity index (χ1n) is 6.88. The van der Waals surface area contributed by atoms with Crippen molar-refractivity contribution >= 4 is 27.4 Å². The Hall–Kier alpha value is -1.95. The molecule has 1 aliphatic carbocycles. The molecule has 0 bridgehead atoms. The SMILES string of the molecule is Nc1sc2c(c1-c1nc3cc(F)c(F)cc3[nH]1)CCCC2. The summed E-state index contributed by atoms with van der Waals surface area (Å²) in [6.45, 7) is 0. The average molecular weight is 305 g/mol. The second-order valence-corrected chi connectivity index (χ2v) is 6.46. The third-order valence-electron chi connectivity index (χ3n) is 3.96. The van der Waals surface area contributed by atoms with Crippen LogP contribution in [0.1, 0.15) is 23.3 Å². The number of thiophene rings is 1. The maximum absolute atomic E-state index is 13.3. The molecular formula is C15H13F2N3S. The number of hydrogen-bond acceptors (Lipinski definition) is 3. The molecular weight excluding hydrogens is 292 g/mol. The summed E-state index contributed by atoms with van der Waals surface area (Å²) in [5, 5.41) is 0.724. The lowest BCUT2D eigenvalue weighted by atomic mass is 9.95. The molecule has 0 spiro atoms. The van der Waals surface area contributed by atoms with Gasteiger partial charge in [-0.05, 0) is 31.2 Å². The fourth-order valence-electron chi connectivity index (χ4n) is 2.97. The molecule has 3 nitrogen and oxygen atoms in total. The fraction of sp³-hybridized carbons (Fsp3) is 0.267. The van der Waals surface area contributed by atoms with E-state index >= 15 is 0 Å². The van der Waals surface area contributed by atoms with E-state index in [1.807, 2.05) is 0 Å². The van der Waals surface area contributed by atoms with Gasteiger partial charge in [0.25, 0.3) is 0 Å². The zero-order valence-electron chi connectivity index (χ0n) is 11.2. The summed E-state index contributed by atoms with van der Waals surface area (Å²) < 4.78 is 26.6. The minimum atomic E-state index is -0.888. The van der Waals surface area contributed by atoms with Crippen molar-refractivity contribution in [3.8, 4) is 11.4 Å². The fourth-order valence-corrected chi connectivity index (χ4v) is 4.13. The number of nitrogens with one attached hydrogen (secondary N) is 1. The summed E-state index contributed by atoms with van der Waals surface area (Å²) in [4.78, 5) is 8.77. The van der Waals surface area contributed by atoms with Crippen LogP contribution in [-0.2, 0) is 12.8 Å². The Balaban J connectivity index is 1.92. The number of benzene rings is 1. The first kappa shape index (κ1) is 12.8. The lowest BCUT2D eigenvalue weighted by Crippen LogP contribution is -2.00. The van der Waals surface area contributed by atoms with E-state index in [4.69, 9.17) is 5.73 Å². The van der Waals surface area contributed by atoms with Crippen LogP contribution < -0.4 is 5.73 Å². The third-order valence-corrected chi connectivity index (χ3v) is 5.08. The summed E-state index contributed by atoms with van der Waals surface area (Å²) in [6, 6.07) is 2.25. The van der Waals surface area contributed by atoms with Gasteiger partial charge in [0.2, 0.25) is 0 Å². The van der Waals surface area contributed by atoms with E-state index in [2.05, 4.69) is 9.97 Å². The maximum Gasteiger partial charge on any atom is 0.161 e. The van der Waals surface area contributed by atoms with Gasteiger partial charge in [0.1, 0.15) is 5.82 Å². The van der Waals surface area contributed by atoms with Gasteiger partial charge < -0.3 is 10.7 Å². The highest BCUT2D eigenvalue weighted by Gasteiger charge is 2.22. The predicted molar refractivity (Wildman–Crippen MR) is 80.4 cm³/mol. The molecule has 3 aromatic rings. The van der Waals surface area contributed by atoms with Gasteiger partial charge in [-0.3, -0.25) is 0 Å². The normalized spacial score (nSPS) is 14.6. The van der Waals surface area contributed by atoms with Crippen LogP contribution >= 0.6 is 11.3 Å². The van der Waals surface area contributed by atoms with Crippen molar-refractivity contribution < 1.29 is 8.78 Å². The Labute approximate surface area is 123 Å². The van der Waals surface area contributed by atoms with Gasteiger partial charge in [-0.25, -0.2) is 13.8 Å². The molecule has 1 aromatic carbocycles. The number of aryl methyl sites for hydroxylation is 1. The Morgan fingerprint density at radius 3 is 2.76 bits per heavy atom. The quantitative estimate of drug-likeness (QED) is 0.713. The Morgan fingerprint density at radius 2 is 1.90 bits per heavy atom. The van der Waals surface area contributed by atoms with Crippen molar-refractivity contribution in [3.63, 3.8) is 0 Å². The number of halogens is 2. The zero-order chi connectivity index (χ0) is 14.6. The number of fused-ring (bicyclic) bond motifs is 2. The zero-order valence-corrected chi connectivity index (χ0v) is 12.0. The van der Waals surface area contributed by atoms with E-state index in [-0.39, 0.29) is 0 Å². The number of aromatic amines is 1. The number of hydrogen-bond donors (Lipinski definition) is 2. The van der Waals surface area contributed by atoms with Crippen molar-refractivity contribution in [3.05, 3.63) is 34.2 Å². The van der Waals surface area contributed by atoms with Gasteiger partial charge in [0.15, 0.2) is 11.6 Å². The largest absolute Gasteiger partial charge is 0.390 e. The Morgan fingerprint density at radius 1 is 1.14 bits per heavy atom. The molecule has 4 rings (SSSR count). The molecule has 0 saturated carbocycles. The molecule has 6 heteroatoms. The van der Waals surface area contributed by atoms with E-state index in [1.165, 1.54) is 16.9 Å². The third kappa shape index (κ3) is 1.93. The second kappa shape index (κ2) is 4.53. The van der Waals surface area contributed by atoms with Gasteiger partial charge in [0, 0.05) is 17.0 Å². The van der Waals surface area contributed by atoms with Gasteiger partial charge in [-0.1, -0.05) is 0 Å². The predicted octanol–water partition coefficient (Wildman–Crippen LogP) is 4.03. The van der Waals surface area contributed by atoms with E-state index in [1.54, 1.807) is 11.3 Å². The Kier molecular flexibility index (Phi) is 2.75. The van der Waals surface area contributed by atoms with E-state index < -0.39 is 11.6 Å². The molecule has 0 saturated heterocycles. The second-order valence-electron chi connectivity index (χ2n) is 5.32. The van der Waals surface area contributed by atoms with E-state index in [9.17, 15) is 8.78 Å². The highest BCUT2D eigenvalue weighted by atomic mass is 32.1. The molecule has 0 amide bonds. The molecule has 3 N–H and O–H groups in total. The maximum atomic E-state index is 13.3. The molecule has 108 valence electrons. The number of aromatic nitrogens is 2. The molecule has 1 aliphatic rings. The molecule has 2 aromatic heterocycles. The van der Waals surface area contributed by atoms with Crippen molar-refractivity contribution in [1.82, 2.24) is 9.97 Å². The van der Waals surface area contributed by atoms with E-state index in [0.717, 1.165) is 42.0 Å². The van der Waals surface area contributed by atoms with Crippen LogP contribution in [0.3, 0.4) is 0 Å². The average Bonchev–Trinajstić information content (AvgIpc) is 2.98. The molecule has 0 atom stereocenters. The minimum absolute atomic E-state index is 0.416. The monoisotopic (exact) mass is 305 g/mol. The summed E-state index contributed by atoms with van der Waals surface area (Å²) in [5.41, 5.74) is 9.19. The summed E-state index contributed by atoms with van der Waals surface area (Å²) >= 11 is 1.60. The van der Waals surface area contributed by atoms with Gasteiger partial charge in [0.05, 0.1) is 21.6 Å². The van der Waals surface area contributed by atoms with Crippen LogP contribution in [0.5, 0.6) is 0 Å². The van der Waals surface area contributed by atoms with Crippen LogP contribution in [-0.4, -0.2) is 9.97 Å². The highest BCUT2D eigenvalue weighted by Crippen LogP contribution is 2.41. The molecule has 2 heterocycles. The number of imidazole rings is 1. The van der Waals surface area contributed by atoms with Crippen molar-refractivity contribution in [1.29, 1.82) is 0 Å². The number of nitrogen functional groups attached to an aromatic ring is 1. The summed E-state index contributed by atoms with van der Waals surface area (Å²) in [6.07, 6.45) is 4.36. The first-order valence-corrected chi connectivity index (χ1v) is 7.70. The molecule has 0 radical (unpaired) electrons. The van der Waals surface area contributed by atoms with Gasteiger partial charge in [-0.2, -0.15) is 0 Å². The topological polar surface area (TPSA) is 54.7 Å². The van der Waals surface area contributed by atoms with Gasteiger partial charge in [-0.15, -0.1) is 11.3 Å². The lowest BCUT2D eigenvalue weighted by Gasteiger charge is -2.11. The van der Waals surface area contributed by atoms with Gasteiger partial charge >= 0.3 is 0 Å². The van der Waals surface area contributed by atoms with Crippen molar-refractivity contribution in [2.24, 2.45) is 0 Å². The van der Waals surface area contributed by atoms with E-state index in [0.29, 0.717) is 16.9 Å². The summed E-state index contributed by atoms with van der Waals surface area (Å²) in [5.74, 6) is -1.16. The lowest BCUT2D eigenvalue weighted by molar-refractivity contribution is 0.510. The number of nitrogens with two attached hydrogens (primary N) is 1. The molecule has 21 heavy (non-hydrogen) atoms. The van der Waals surface area contributed by atoms with Crippen LogP contribution in [0, 0.1) is 11.6 Å². The first-order chi connectivity index (χ1) is 10.1. The van der Waals surface area contributed by atoms with Crippen LogP contribution in [0.2, 0.25) is 0 Å². The van der Waals surface area contributed by atoms with Crippen LogP contribution in [0.4, 0.5) is 13.8 Å². The molecule has 0 unspecified atom stereocenters. The number of nitrogens with zero attached hydrogens (tertiary/aromatic N) is 1. The number of rotatable bonds is 1. The number of anilines is 1. The van der Waals surface area contributed by atoms with Crippen LogP contribution in [0.25, 0.3) is 22.4 Å². The highest BCUT2D eigenvalue weighted by molar-refractivity contribution is 7.16. The van der Waals surface area contributed by atoms with Crippen molar-refractivity contribution in [2.75, 3.05) is 5.73 Å². The standard InChI is InChI=1S/C15H13F2N3S/c16-8-5-10-11(6-9(8)17)20-15(19-10)13-7-3-1-2-4-12(7)21-14(13)18/h5-6H,1-4,18H2,(H,19,20). The van der Waals surface area contributed by atoms with Crippen molar-refractivity contribution in [2.45, 2.75) is 25.7 Å². The summed E-state index contributed by atoms with van der Waals surface area (Å²) in [7, 11) is 0. The number of H-pyrrole nitrogens is 1. The molecule has 0 fully saturated rings. The smallest absolute Gasteiger partial charge is 0.161 e. The minimum Gasteiger partial charge on any atom is -0.390 e. The van der Waals surface area contributed by atoms with Crippen LogP contribution in [0.15, 0.2) is 12.1 Å². The Bertz CT molecular complexity index is 811. The molecule has 0 aliphatic heterocycles.